The smallest absolute Gasteiger partial charge is 0.406 e. The first-order valence-corrected chi connectivity index (χ1v) is 8.91. The summed E-state index contributed by atoms with van der Waals surface area (Å²) in [5.41, 5.74) is 1.39. The molecule has 0 radical (unpaired) electrons. The predicted molar refractivity (Wildman–Crippen MR) is 92.1 cm³/mol. The van der Waals surface area contributed by atoms with Crippen LogP contribution in [0.15, 0.2) is 24.4 Å². The van der Waals surface area contributed by atoms with Gasteiger partial charge in [0.2, 0.25) is 0 Å². The number of halogens is 3. The van der Waals surface area contributed by atoms with Crippen LogP contribution in [0.25, 0.3) is 0 Å². The fourth-order valence-electron chi connectivity index (χ4n) is 3.53. The van der Waals surface area contributed by atoms with E-state index in [2.05, 4.69) is 22.0 Å². The molecule has 1 fully saturated rings. The van der Waals surface area contributed by atoms with Crippen LogP contribution in [0.1, 0.15) is 29.4 Å². The van der Waals surface area contributed by atoms with Crippen molar-refractivity contribution in [3.8, 4) is 5.75 Å². The van der Waals surface area contributed by atoms with Crippen molar-refractivity contribution in [1.82, 2.24) is 15.0 Å². The Morgan fingerprint density at radius 2 is 2.14 bits per heavy atom. The van der Waals surface area contributed by atoms with E-state index in [-0.39, 0.29) is 22.8 Å². The minimum absolute atomic E-state index is 0.0133. The van der Waals surface area contributed by atoms with Gasteiger partial charge in [0.05, 0.1) is 26.0 Å². The standard InChI is InChI=1S/C18H19F3N4O3/c1-17(10-27-11-17)9-24-8-14(22-23-24)16(26)25-6-2-3-12-7-13(4-5-15(12)25)28-18(19,20)21/h4-5,7-8H,2-3,6,9-11H2,1H3. The van der Waals surface area contributed by atoms with Crippen LogP contribution in [-0.2, 0) is 17.7 Å². The number of nitrogens with zero attached hydrogens (tertiary/aromatic N) is 4. The number of rotatable bonds is 4. The number of carbonyl (C=O) groups is 1. The summed E-state index contributed by atoms with van der Waals surface area (Å²) in [5.74, 6) is -0.617. The van der Waals surface area contributed by atoms with Gasteiger partial charge in [-0.3, -0.25) is 9.48 Å². The second-order valence-electron chi connectivity index (χ2n) is 7.50. The van der Waals surface area contributed by atoms with E-state index in [1.54, 1.807) is 10.9 Å². The highest BCUT2D eigenvalue weighted by molar-refractivity contribution is 6.05. The molecule has 10 heteroatoms. The fourth-order valence-corrected chi connectivity index (χ4v) is 3.53. The van der Waals surface area contributed by atoms with E-state index in [1.165, 1.54) is 23.1 Å². The van der Waals surface area contributed by atoms with Crippen LogP contribution < -0.4 is 9.64 Å². The molecule has 28 heavy (non-hydrogen) atoms. The van der Waals surface area contributed by atoms with E-state index < -0.39 is 6.36 Å². The van der Waals surface area contributed by atoms with E-state index >= 15 is 0 Å². The average Bonchev–Trinajstić information content (AvgIpc) is 3.06. The lowest BCUT2D eigenvalue weighted by atomic mass is 9.89. The Labute approximate surface area is 159 Å². The lowest BCUT2D eigenvalue weighted by molar-refractivity contribution is -0.274. The Morgan fingerprint density at radius 3 is 2.82 bits per heavy atom. The minimum Gasteiger partial charge on any atom is -0.406 e. The molecule has 0 atom stereocenters. The molecule has 1 aromatic heterocycles. The SMILES string of the molecule is CC1(Cn2cc(C(=O)N3CCCc4cc(OC(F)(F)F)ccc43)nn2)COC1. The second-order valence-corrected chi connectivity index (χ2v) is 7.50. The molecule has 1 amide bonds. The van der Waals surface area contributed by atoms with E-state index in [4.69, 9.17) is 4.74 Å². The molecular formula is C18H19F3N4O3. The molecule has 0 saturated carbocycles. The number of fused-ring (bicyclic) bond motifs is 1. The summed E-state index contributed by atoms with van der Waals surface area (Å²) in [4.78, 5) is 14.4. The number of aromatic nitrogens is 3. The molecular weight excluding hydrogens is 377 g/mol. The van der Waals surface area contributed by atoms with E-state index in [0.717, 1.165) is 0 Å². The maximum atomic E-state index is 12.9. The maximum absolute atomic E-state index is 12.9. The zero-order chi connectivity index (χ0) is 19.9. The van der Waals surface area contributed by atoms with Crippen molar-refractivity contribution in [1.29, 1.82) is 0 Å². The van der Waals surface area contributed by atoms with Crippen molar-refractivity contribution >= 4 is 11.6 Å². The lowest BCUT2D eigenvalue weighted by Crippen LogP contribution is -2.43. The average molecular weight is 396 g/mol. The first-order valence-electron chi connectivity index (χ1n) is 8.91. The van der Waals surface area contributed by atoms with Gasteiger partial charge in [0.1, 0.15) is 5.75 Å². The summed E-state index contributed by atoms with van der Waals surface area (Å²) < 4.78 is 48.1. The Balaban J connectivity index is 1.52. The van der Waals surface area contributed by atoms with Crippen molar-refractivity contribution in [2.75, 3.05) is 24.7 Å². The fraction of sp³-hybridized carbons (Fsp3) is 0.500. The maximum Gasteiger partial charge on any atom is 0.573 e. The quantitative estimate of drug-likeness (QED) is 0.795. The zero-order valence-corrected chi connectivity index (χ0v) is 15.2. The van der Waals surface area contributed by atoms with Gasteiger partial charge in [0, 0.05) is 17.6 Å². The minimum atomic E-state index is -4.75. The molecule has 1 aromatic carbocycles. The summed E-state index contributed by atoms with van der Waals surface area (Å²) >= 11 is 0. The summed E-state index contributed by atoms with van der Waals surface area (Å²) in [6.45, 7) is 4.41. The highest BCUT2D eigenvalue weighted by atomic mass is 19.4. The third-order valence-corrected chi connectivity index (χ3v) is 4.85. The molecule has 150 valence electrons. The molecule has 7 nitrogen and oxygen atoms in total. The normalized spacial score (nSPS) is 18.4. The summed E-state index contributed by atoms with van der Waals surface area (Å²) in [5, 5.41) is 8.01. The topological polar surface area (TPSA) is 69.5 Å². The molecule has 4 rings (SSSR count). The molecule has 3 heterocycles. The Hall–Kier alpha value is -2.62. The Bertz CT molecular complexity index is 892. The van der Waals surface area contributed by atoms with Crippen LogP contribution in [0.4, 0.5) is 18.9 Å². The molecule has 0 spiro atoms. The molecule has 0 aliphatic carbocycles. The number of amides is 1. The summed E-state index contributed by atoms with van der Waals surface area (Å²) in [6.07, 6.45) is -1.95. The van der Waals surface area contributed by atoms with Crippen molar-refractivity contribution in [3.05, 3.63) is 35.7 Å². The third-order valence-electron chi connectivity index (χ3n) is 4.85. The molecule has 0 unspecified atom stereocenters. The van der Waals surface area contributed by atoms with Crippen LogP contribution in [0.3, 0.4) is 0 Å². The first-order chi connectivity index (χ1) is 13.2. The second kappa shape index (κ2) is 6.77. The van der Waals surface area contributed by atoms with E-state index in [9.17, 15) is 18.0 Å². The Kier molecular flexibility index (Phi) is 4.53. The Morgan fingerprint density at radius 1 is 1.36 bits per heavy atom. The number of carbonyl (C=O) groups excluding carboxylic acids is 1. The number of ether oxygens (including phenoxy) is 2. The van der Waals surface area contributed by atoms with E-state index in [1.807, 2.05) is 0 Å². The van der Waals surface area contributed by atoms with Crippen molar-refractivity contribution in [2.45, 2.75) is 32.7 Å². The summed E-state index contributed by atoms with van der Waals surface area (Å²) in [6, 6.07) is 4.02. The van der Waals surface area contributed by atoms with Gasteiger partial charge in [0.25, 0.3) is 5.91 Å². The van der Waals surface area contributed by atoms with Gasteiger partial charge in [-0.05, 0) is 36.6 Å². The molecule has 0 bridgehead atoms. The number of anilines is 1. The number of aryl methyl sites for hydroxylation is 1. The molecule has 2 aliphatic heterocycles. The number of hydrogen-bond acceptors (Lipinski definition) is 5. The van der Waals surface area contributed by atoms with Crippen molar-refractivity contribution in [3.63, 3.8) is 0 Å². The summed E-state index contributed by atoms with van der Waals surface area (Å²) in [7, 11) is 0. The largest absolute Gasteiger partial charge is 0.573 e. The van der Waals surface area contributed by atoms with Gasteiger partial charge in [-0.2, -0.15) is 0 Å². The third kappa shape index (κ3) is 3.82. The lowest BCUT2D eigenvalue weighted by Gasteiger charge is -2.37. The first kappa shape index (κ1) is 18.7. The van der Waals surface area contributed by atoms with Crippen LogP contribution in [0, 0.1) is 5.41 Å². The van der Waals surface area contributed by atoms with Crippen LogP contribution in [0.2, 0.25) is 0 Å². The van der Waals surface area contributed by atoms with Gasteiger partial charge in [-0.1, -0.05) is 12.1 Å². The van der Waals surface area contributed by atoms with Crippen LogP contribution in [0.5, 0.6) is 5.75 Å². The highest BCUT2D eigenvalue weighted by Crippen LogP contribution is 2.33. The van der Waals surface area contributed by atoms with Gasteiger partial charge >= 0.3 is 6.36 Å². The van der Waals surface area contributed by atoms with Crippen LogP contribution >= 0.6 is 0 Å². The van der Waals surface area contributed by atoms with Gasteiger partial charge in [-0.15, -0.1) is 18.3 Å². The number of benzene rings is 1. The number of alkyl halides is 3. The van der Waals surface area contributed by atoms with E-state index in [0.29, 0.717) is 50.4 Å². The zero-order valence-electron chi connectivity index (χ0n) is 15.2. The predicted octanol–water partition coefficient (Wildman–Crippen LogP) is 2.81. The van der Waals surface area contributed by atoms with Gasteiger partial charge in [-0.25, -0.2) is 0 Å². The molecule has 0 N–H and O–H groups in total. The van der Waals surface area contributed by atoms with Crippen molar-refractivity contribution < 1.29 is 27.4 Å². The molecule has 2 aliphatic rings. The van der Waals surface area contributed by atoms with Gasteiger partial charge in [0.15, 0.2) is 5.69 Å². The molecule has 1 saturated heterocycles. The van der Waals surface area contributed by atoms with Crippen molar-refractivity contribution in [2.24, 2.45) is 5.41 Å². The highest BCUT2D eigenvalue weighted by Gasteiger charge is 2.35. The van der Waals surface area contributed by atoms with Gasteiger partial charge < -0.3 is 14.4 Å². The molecule has 2 aromatic rings. The monoisotopic (exact) mass is 396 g/mol. The number of hydrogen-bond donors (Lipinski definition) is 0. The van der Waals surface area contributed by atoms with Crippen LogP contribution in [-0.4, -0.2) is 47.0 Å².